The van der Waals surface area contributed by atoms with Crippen LogP contribution in [0.1, 0.15) is 28.8 Å². The molecule has 0 aromatic heterocycles. The van der Waals surface area contributed by atoms with Crippen LogP contribution in [0.2, 0.25) is 0 Å². The first-order valence-electron chi connectivity index (χ1n) is 9.24. The highest BCUT2D eigenvalue weighted by Gasteiger charge is 2.36. The van der Waals surface area contributed by atoms with E-state index in [9.17, 15) is 18.0 Å². The van der Waals surface area contributed by atoms with Crippen LogP contribution in [0.15, 0.2) is 72.8 Å². The summed E-state index contributed by atoms with van der Waals surface area (Å²) in [6, 6.07) is 19.1. The SMILES string of the molecule is COc1cccc([C@@H]2OC(=O)N[C@H]2c2cccc(-c3ccc(C(F)(F)F)cc3)c2)c1. The summed E-state index contributed by atoms with van der Waals surface area (Å²) >= 11 is 0. The summed E-state index contributed by atoms with van der Waals surface area (Å²) in [6.45, 7) is 0. The van der Waals surface area contributed by atoms with Gasteiger partial charge in [0.15, 0.2) is 6.10 Å². The molecular formula is C23H18F3NO3. The number of carbonyl (C=O) groups excluding carboxylic acids is 1. The molecule has 0 radical (unpaired) electrons. The predicted octanol–water partition coefficient (Wildman–Crippen LogP) is 5.90. The molecule has 0 spiro atoms. The van der Waals surface area contributed by atoms with E-state index in [-0.39, 0.29) is 0 Å². The summed E-state index contributed by atoms with van der Waals surface area (Å²) in [6.07, 6.45) is -5.47. The number of carbonyl (C=O) groups is 1. The topological polar surface area (TPSA) is 47.6 Å². The number of alkyl halides is 3. The van der Waals surface area contributed by atoms with Crippen LogP contribution in [-0.4, -0.2) is 13.2 Å². The van der Waals surface area contributed by atoms with Crippen molar-refractivity contribution in [1.29, 1.82) is 0 Å². The summed E-state index contributed by atoms with van der Waals surface area (Å²) in [4.78, 5) is 12.0. The van der Waals surface area contributed by atoms with Crippen LogP contribution >= 0.6 is 0 Å². The van der Waals surface area contributed by atoms with Gasteiger partial charge in [0.05, 0.1) is 18.7 Å². The van der Waals surface area contributed by atoms with Crippen molar-refractivity contribution in [3.63, 3.8) is 0 Å². The van der Waals surface area contributed by atoms with Gasteiger partial charge in [0.2, 0.25) is 0 Å². The third-order valence-corrected chi connectivity index (χ3v) is 5.02. The predicted molar refractivity (Wildman–Crippen MR) is 105 cm³/mol. The van der Waals surface area contributed by atoms with Crippen molar-refractivity contribution < 1.29 is 27.4 Å². The minimum Gasteiger partial charge on any atom is -0.497 e. The minimum atomic E-state index is -4.38. The Bertz CT molecular complexity index is 1060. The van der Waals surface area contributed by atoms with E-state index in [2.05, 4.69) is 5.32 Å². The Morgan fingerprint density at radius 1 is 0.900 bits per heavy atom. The van der Waals surface area contributed by atoms with E-state index in [0.717, 1.165) is 28.8 Å². The van der Waals surface area contributed by atoms with E-state index in [4.69, 9.17) is 9.47 Å². The summed E-state index contributed by atoms with van der Waals surface area (Å²) in [5, 5.41) is 2.81. The zero-order chi connectivity index (χ0) is 21.3. The molecular weight excluding hydrogens is 395 g/mol. The van der Waals surface area contributed by atoms with E-state index in [1.54, 1.807) is 25.3 Å². The second-order valence-electron chi connectivity index (χ2n) is 6.93. The molecule has 3 aromatic rings. The second-order valence-corrected chi connectivity index (χ2v) is 6.93. The number of ether oxygens (including phenoxy) is 2. The fraction of sp³-hybridized carbons (Fsp3) is 0.174. The number of hydrogen-bond acceptors (Lipinski definition) is 3. The van der Waals surface area contributed by atoms with Crippen molar-refractivity contribution in [2.24, 2.45) is 0 Å². The number of benzene rings is 3. The van der Waals surface area contributed by atoms with E-state index < -0.39 is 30.0 Å². The summed E-state index contributed by atoms with van der Waals surface area (Å²) in [7, 11) is 1.56. The molecule has 1 aliphatic heterocycles. The molecule has 154 valence electrons. The van der Waals surface area contributed by atoms with Crippen molar-refractivity contribution in [2.75, 3.05) is 7.11 Å². The highest BCUT2D eigenvalue weighted by molar-refractivity contribution is 5.72. The smallest absolute Gasteiger partial charge is 0.416 e. The summed E-state index contributed by atoms with van der Waals surface area (Å²) in [5.41, 5.74) is 2.25. The zero-order valence-electron chi connectivity index (χ0n) is 15.9. The van der Waals surface area contributed by atoms with Gasteiger partial charge in [0.1, 0.15) is 5.75 Å². The number of hydrogen-bond donors (Lipinski definition) is 1. The third kappa shape index (κ3) is 3.96. The molecule has 30 heavy (non-hydrogen) atoms. The maximum atomic E-state index is 12.8. The molecule has 0 aliphatic carbocycles. The average Bonchev–Trinajstić information content (AvgIpc) is 3.15. The number of cyclic esters (lactones) is 1. The van der Waals surface area contributed by atoms with Gasteiger partial charge in [-0.1, -0.05) is 42.5 Å². The first-order valence-corrected chi connectivity index (χ1v) is 9.24. The maximum absolute atomic E-state index is 12.8. The van der Waals surface area contributed by atoms with Crippen LogP contribution in [0, 0.1) is 0 Å². The highest BCUT2D eigenvalue weighted by Crippen LogP contribution is 2.39. The largest absolute Gasteiger partial charge is 0.497 e. The van der Waals surface area contributed by atoms with E-state index in [1.807, 2.05) is 30.3 Å². The number of amides is 1. The molecule has 4 rings (SSSR count). The molecule has 2 atom stereocenters. The van der Waals surface area contributed by atoms with Crippen molar-refractivity contribution in [3.8, 4) is 16.9 Å². The molecule has 1 saturated heterocycles. The molecule has 0 saturated carbocycles. The molecule has 1 aliphatic rings. The van der Waals surface area contributed by atoms with Crippen LogP contribution in [0.4, 0.5) is 18.0 Å². The van der Waals surface area contributed by atoms with Crippen LogP contribution < -0.4 is 10.1 Å². The Balaban J connectivity index is 1.66. The maximum Gasteiger partial charge on any atom is 0.416 e. The standard InChI is InChI=1S/C23H18F3NO3/c1-29-19-7-3-6-17(13-19)21-20(27-22(28)30-21)16-5-2-4-15(12-16)14-8-10-18(11-9-14)23(24,25)26/h2-13,20-21H,1H3,(H,27,28)/t20-,21-/m0/s1. The molecule has 0 unspecified atom stereocenters. The number of methoxy groups -OCH3 is 1. The molecule has 1 N–H and O–H groups in total. The van der Waals surface area contributed by atoms with Crippen molar-refractivity contribution in [3.05, 3.63) is 89.5 Å². The molecule has 1 amide bonds. The van der Waals surface area contributed by atoms with Gasteiger partial charge in [0, 0.05) is 0 Å². The molecule has 7 heteroatoms. The lowest BCUT2D eigenvalue weighted by Gasteiger charge is -2.19. The number of rotatable bonds is 4. The Kier molecular flexibility index (Phi) is 5.11. The first-order chi connectivity index (χ1) is 14.3. The van der Waals surface area contributed by atoms with Gasteiger partial charge in [-0.25, -0.2) is 4.79 Å². The molecule has 1 heterocycles. The zero-order valence-corrected chi connectivity index (χ0v) is 15.9. The fourth-order valence-corrected chi connectivity index (χ4v) is 3.52. The van der Waals surface area contributed by atoms with Gasteiger partial charge >= 0.3 is 12.3 Å². The normalized spacial score (nSPS) is 18.6. The van der Waals surface area contributed by atoms with Crippen LogP contribution in [0.3, 0.4) is 0 Å². The third-order valence-electron chi connectivity index (χ3n) is 5.02. The van der Waals surface area contributed by atoms with Gasteiger partial charge in [-0.15, -0.1) is 0 Å². The monoisotopic (exact) mass is 413 g/mol. The van der Waals surface area contributed by atoms with Crippen molar-refractivity contribution in [1.82, 2.24) is 5.32 Å². The summed E-state index contributed by atoms with van der Waals surface area (Å²) in [5.74, 6) is 0.646. The van der Waals surface area contributed by atoms with Gasteiger partial charge in [-0.2, -0.15) is 13.2 Å². The average molecular weight is 413 g/mol. The van der Waals surface area contributed by atoms with Gasteiger partial charge in [-0.05, 0) is 52.6 Å². The quantitative estimate of drug-likeness (QED) is 0.579. The second kappa shape index (κ2) is 7.74. The minimum absolute atomic E-state index is 0.445. The van der Waals surface area contributed by atoms with Crippen LogP contribution in [0.25, 0.3) is 11.1 Å². The molecule has 0 bridgehead atoms. The number of alkyl carbamates (subject to hydrolysis) is 1. The van der Waals surface area contributed by atoms with Gasteiger partial charge < -0.3 is 14.8 Å². The van der Waals surface area contributed by atoms with Crippen molar-refractivity contribution >= 4 is 6.09 Å². The lowest BCUT2D eigenvalue weighted by atomic mass is 9.93. The highest BCUT2D eigenvalue weighted by atomic mass is 19.4. The lowest BCUT2D eigenvalue weighted by Crippen LogP contribution is -2.19. The Hall–Kier alpha value is -3.48. The fourth-order valence-electron chi connectivity index (χ4n) is 3.52. The van der Waals surface area contributed by atoms with Crippen molar-refractivity contribution in [2.45, 2.75) is 18.3 Å². The van der Waals surface area contributed by atoms with Crippen LogP contribution in [0.5, 0.6) is 5.75 Å². The Labute approximate surface area is 171 Å². The van der Waals surface area contributed by atoms with E-state index in [1.165, 1.54) is 12.1 Å². The number of halogens is 3. The van der Waals surface area contributed by atoms with Gasteiger partial charge in [0.25, 0.3) is 0 Å². The van der Waals surface area contributed by atoms with Crippen LogP contribution in [-0.2, 0) is 10.9 Å². The number of nitrogens with one attached hydrogen (secondary N) is 1. The Morgan fingerprint density at radius 2 is 1.60 bits per heavy atom. The molecule has 3 aromatic carbocycles. The van der Waals surface area contributed by atoms with Gasteiger partial charge in [-0.3, -0.25) is 0 Å². The molecule has 4 nitrogen and oxygen atoms in total. The molecule has 1 fully saturated rings. The lowest BCUT2D eigenvalue weighted by molar-refractivity contribution is -0.137. The Morgan fingerprint density at radius 3 is 2.30 bits per heavy atom. The summed E-state index contributed by atoms with van der Waals surface area (Å²) < 4.78 is 49.2. The van der Waals surface area contributed by atoms with E-state index in [0.29, 0.717) is 11.3 Å². The van der Waals surface area contributed by atoms with E-state index >= 15 is 0 Å². The first kappa shape index (κ1) is 19.8.